The standard InChI is InChI=1S/C12H25N/c1-4-5-6-7-8-9-10-13-11-12(2)3/h4,12-13H,1,5-11H2,2-3H3. The molecule has 0 atom stereocenters. The number of hydrogen-bond acceptors (Lipinski definition) is 1. The van der Waals surface area contributed by atoms with Crippen molar-refractivity contribution in [1.82, 2.24) is 5.32 Å². The van der Waals surface area contributed by atoms with E-state index in [1.165, 1.54) is 38.6 Å². The molecule has 0 fully saturated rings. The Bertz CT molecular complexity index is 108. The van der Waals surface area contributed by atoms with Crippen LogP contribution in [0.5, 0.6) is 0 Å². The van der Waals surface area contributed by atoms with Gasteiger partial charge in [0, 0.05) is 0 Å². The first-order valence-corrected chi connectivity index (χ1v) is 5.59. The molecule has 13 heavy (non-hydrogen) atoms. The summed E-state index contributed by atoms with van der Waals surface area (Å²) in [5.41, 5.74) is 0. The maximum absolute atomic E-state index is 3.71. The fourth-order valence-electron chi connectivity index (χ4n) is 1.28. The Balaban J connectivity index is 2.87. The molecule has 0 aromatic carbocycles. The van der Waals surface area contributed by atoms with E-state index in [-0.39, 0.29) is 0 Å². The van der Waals surface area contributed by atoms with Crippen LogP contribution < -0.4 is 5.32 Å². The Labute approximate surface area is 83.6 Å². The van der Waals surface area contributed by atoms with Gasteiger partial charge in [0.15, 0.2) is 0 Å². The molecule has 0 rings (SSSR count). The summed E-state index contributed by atoms with van der Waals surface area (Å²) < 4.78 is 0. The largest absolute Gasteiger partial charge is 0.316 e. The molecule has 0 heterocycles. The van der Waals surface area contributed by atoms with Crippen molar-refractivity contribution in [3.05, 3.63) is 12.7 Å². The van der Waals surface area contributed by atoms with Gasteiger partial charge in [-0.2, -0.15) is 0 Å². The van der Waals surface area contributed by atoms with Gasteiger partial charge in [0.05, 0.1) is 0 Å². The van der Waals surface area contributed by atoms with Crippen LogP contribution in [-0.4, -0.2) is 13.1 Å². The molecule has 0 bridgehead atoms. The predicted octanol–water partition coefficient (Wildman–Crippen LogP) is 3.37. The minimum absolute atomic E-state index is 0.778. The Kier molecular flexibility index (Phi) is 9.56. The zero-order valence-corrected chi connectivity index (χ0v) is 9.31. The normalized spacial score (nSPS) is 10.7. The maximum Gasteiger partial charge on any atom is -0.00258 e. The Morgan fingerprint density at radius 1 is 1.15 bits per heavy atom. The van der Waals surface area contributed by atoms with Gasteiger partial charge in [0.25, 0.3) is 0 Å². The fourth-order valence-corrected chi connectivity index (χ4v) is 1.28. The fraction of sp³-hybridized carbons (Fsp3) is 0.833. The topological polar surface area (TPSA) is 12.0 Å². The average molecular weight is 183 g/mol. The van der Waals surface area contributed by atoms with Gasteiger partial charge in [-0.15, -0.1) is 6.58 Å². The van der Waals surface area contributed by atoms with Gasteiger partial charge in [-0.05, 0) is 38.3 Å². The van der Waals surface area contributed by atoms with Gasteiger partial charge < -0.3 is 5.32 Å². The summed E-state index contributed by atoms with van der Waals surface area (Å²) in [4.78, 5) is 0. The van der Waals surface area contributed by atoms with E-state index in [1.54, 1.807) is 0 Å². The summed E-state index contributed by atoms with van der Waals surface area (Å²) in [5.74, 6) is 0.778. The van der Waals surface area contributed by atoms with Crippen LogP contribution in [0.25, 0.3) is 0 Å². The lowest BCUT2D eigenvalue weighted by Gasteiger charge is -2.06. The molecule has 0 spiro atoms. The molecule has 0 aliphatic heterocycles. The summed E-state index contributed by atoms with van der Waals surface area (Å²) >= 11 is 0. The third-order valence-electron chi connectivity index (χ3n) is 2.06. The van der Waals surface area contributed by atoms with Crippen LogP contribution in [0, 0.1) is 5.92 Å². The number of unbranched alkanes of at least 4 members (excludes halogenated alkanes) is 4. The lowest BCUT2D eigenvalue weighted by Crippen LogP contribution is -2.20. The molecule has 0 unspecified atom stereocenters. The van der Waals surface area contributed by atoms with Gasteiger partial charge in [0.1, 0.15) is 0 Å². The zero-order valence-electron chi connectivity index (χ0n) is 9.31. The smallest absolute Gasteiger partial charge is 0.00258 e. The second kappa shape index (κ2) is 9.79. The van der Waals surface area contributed by atoms with Crippen LogP contribution in [0.3, 0.4) is 0 Å². The highest BCUT2D eigenvalue weighted by atomic mass is 14.8. The van der Waals surface area contributed by atoms with Crippen LogP contribution in [0.15, 0.2) is 12.7 Å². The second-order valence-electron chi connectivity index (χ2n) is 4.09. The first kappa shape index (κ1) is 12.7. The van der Waals surface area contributed by atoms with Crippen molar-refractivity contribution in [2.24, 2.45) is 5.92 Å². The highest BCUT2D eigenvalue weighted by molar-refractivity contribution is 4.65. The number of hydrogen-bond donors (Lipinski definition) is 1. The third kappa shape index (κ3) is 11.7. The van der Waals surface area contributed by atoms with E-state index < -0.39 is 0 Å². The number of allylic oxidation sites excluding steroid dienone is 1. The van der Waals surface area contributed by atoms with Gasteiger partial charge in [-0.1, -0.05) is 32.8 Å². The van der Waals surface area contributed by atoms with E-state index >= 15 is 0 Å². The highest BCUT2D eigenvalue weighted by Crippen LogP contribution is 2.02. The van der Waals surface area contributed by atoms with Crippen molar-refractivity contribution in [3.63, 3.8) is 0 Å². The molecule has 0 amide bonds. The van der Waals surface area contributed by atoms with Gasteiger partial charge in [-0.3, -0.25) is 0 Å². The average Bonchev–Trinajstić information content (AvgIpc) is 2.09. The van der Waals surface area contributed by atoms with Crippen molar-refractivity contribution >= 4 is 0 Å². The minimum atomic E-state index is 0.778. The van der Waals surface area contributed by atoms with Crippen LogP contribution in [-0.2, 0) is 0 Å². The van der Waals surface area contributed by atoms with Crippen molar-refractivity contribution in [1.29, 1.82) is 0 Å². The predicted molar refractivity (Wildman–Crippen MR) is 61.0 cm³/mol. The number of rotatable bonds is 9. The van der Waals surface area contributed by atoms with Crippen LogP contribution >= 0.6 is 0 Å². The van der Waals surface area contributed by atoms with Gasteiger partial charge >= 0.3 is 0 Å². The monoisotopic (exact) mass is 183 g/mol. The number of nitrogens with one attached hydrogen (secondary N) is 1. The van der Waals surface area contributed by atoms with Crippen LogP contribution in [0.2, 0.25) is 0 Å². The first-order chi connectivity index (χ1) is 6.27. The van der Waals surface area contributed by atoms with Crippen molar-refractivity contribution in [3.8, 4) is 0 Å². The molecular weight excluding hydrogens is 158 g/mol. The van der Waals surface area contributed by atoms with Crippen LogP contribution in [0.1, 0.15) is 46.0 Å². The molecule has 0 aromatic heterocycles. The van der Waals surface area contributed by atoms with E-state index in [9.17, 15) is 0 Å². The minimum Gasteiger partial charge on any atom is -0.316 e. The quantitative estimate of drug-likeness (QED) is 0.427. The molecule has 0 aliphatic rings. The lowest BCUT2D eigenvalue weighted by atomic mass is 10.1. The zero-order chi connectivity index (χ0) is 9.94. The molecular formula is C12H25N. The summed E-state index contributed by atoms with van der Waals surface area (Å²) in [6, 6.07) is 0. The lowest BCUT2D eigenvalue weighted by molar-refractivity contribution is 0.527. The first-order valence-electron chi connectivity index (χ1n) is 5.59. The summed E-state index contributed by atoms with van der Waals surface area (Å²) in [5, 5.41) is 3.46. The molecule has 0 saturated carbocycles. The Hall–Kier alpha value is -0.300. The van der Waals surface area contributed by atoms with E-state index in [2.05, 4.69) is 25.7 Å². The SMILES string of the molecule is C=CCCCCCCNCC(C)C. The third-order valence-corrected chi connectivity index (χ3v) is 2.06. The van der Waals surface area contributed by atoms with E-state index in [0.29, 0.717) is 0 Å². The highest BCUT2D eigenvalue weighted by Gasteiger charge is 1.92. The molecule has 0 saturated heterocycles. The van der Waals surface area contributed by atoms with Crippen molar-refractivity contribution in [2.75, 3.05) is 13.1 Å². The molecule has 0 radical (unpaired) electrons. The molecule has 0 aliphatic carbocycles. The van der Waals surface area contributed by atoms with E-state index in [1.807, 2.05) is 6.08 Å². The molecule has 78 valence electrons. The van der Waals surface area contributed by atoms with Crippen LogP contribution in [0.4, 0.5) is 0 Å². The maximum atomic E-state index is 3.71. The van der Waals surface area contributed by atoms with E-state index in [0.717, 1.165) is 12.5 Å². The molecule has 1 heteroatoms. The summed E-state index contributed by atoms with van der Waals surface area (Å²) in [7, 11) is 0. The van der Waals surface area contributed by atoms with E-state index in [4.69, 9.17) is 0 Å². The molecule has 0 aromatic rings. The van der Waals surface area contributed by atoms with Crippen molar-refractivity contribution in [2.45, 2.75) is 46.0 Å². The Morgan fingerprint density at radius 2 is 1.85 bits per heavy atom. The summed E-state index contributed by atoms with van der Waals surface area (Å²) in [6.45, 7) is 10.6. The summed E-state index contributed by atoms with van der Waals surface area (Å²) in [6.07, 6.45) is 8.54. The molecule has 1 nitrogen and oxygen atoms in total. The van der Waals surface area contributed by atoms with Crippen molar-refractivity contribution < 1.29 is 0 Å². The Morgan fingerprint density at radius 3 is 2.46 bits per heavy atom. The van der Waals surface area contributed by atoms with Gasteiger partial charge in [-0.25, -0.2) is 0 Å². The second-order valence-corrected chi connectivity index (χ2v) is 4.09. The molecule has 1 N–H and O–H groups in total. The van der Waals surface area contributed by atoms with Gasteiger partial charge in [0.2, 0.25) is 0 Å².